The molecule has 0 bridgehead atoms. The molecule has 0 saturated heterocycles. The van der Waals surface area contributed by atoms with E-state index in [1.165, 1.54) is 25.0 Å². The Kier molecular flexibility index (Phi) is 5.99. The maximum atomic E-state index is 5.66. The summed E-state index contributed by atoms with van der Waals surface area (Å²) in [6.07, 6.45) is 6.09. The van der Waals surface area contributed by atoms with Gasteiger partial charge in [-0.2, -0.15) is 0 Å². The van der Waals surface area contributed by atoms with Gasteiger partial charge in [0.05, 0.1) is 6.10 Å². The lowest BCUT2D eigenvalue weighted by atomic mass is 9.76. The first kappa shape index (κ1) is 15.5. The quantitative estimate of drug-likeness (QED) is 0.790. The highest BCUT2D eigenvalue weighted by atomic mass is 16.5. The summed E-state index contributed by atoms with van der Waals surface area (Å²) in [5, 5.41) is 3.65. The molecule has 1 aromatic rings. The smallest absolute Gasteiger partial charge is 0.0580 e. The number of likely N-dealkylation sites (N-methyl/N-ethyl adjacent to an activating group) is 1. The van der Waals surface area contributed by atoms with Gasteiger partial charge < -0.3 is 10.1 Å². The molecule has 3 nitrogen and oxygen atoms in total. The average molecular weight is 276 g/mol. The van der Waals surface area contributed by atoms with Crippen LogP contribution >= 0.6 is 0 Å². The van der Waals surface area contributed by atoms with Gasteiger partial charge in [-0.05, 0) is 50.8 Å². The molecular weight excluding hydrogens is 248 g/mol. The van der Waals surface area contributed by atoms with E-state index in [1.807, 2.05) is 12.3 Å². The molecule has 1 fully saturated rings. The number of ether oxygens (including phenoxy) is 1. The summed E-state index contributed by atoms with van der Waals surface area (Å²) < 4.78 is 5.66. The van der Waals surface area contributed by atoms with Gasteiger partial charge in [0, 0.05) is 30.5 Å². The van der Waals surface area contributed by atoms with Crippen LogP contribution in [0.25, 0.3) is 0 Å². The van der Waals surface area contributed by atoms with E-state index in [9.17, 15) is 0 Å². The third-order valence-electron chi connectivity index (χ3n) is 4.41. The fourth-order valence-electron chi connectivity index (χ4n) is 3.18. The summed E-state index contributed by atoms with van der Waals surface area (Å²) in [6.45, 7) is 8.41. The number of hydrogen-bond donors (Lipinski definition) is 1. The van der Waals surface area contributed by atoms with Crippen LogP contribution in [0.1, 0.15) is 51.6 Å². The Morgan fingerprint density at radius 3 is 2.75 bits per heavy atom. The van der Waals surface area contributed by atoms with Crippen LogP contribution in [0, 0.1) is 5.92 Å². The Bertz CT molecular complexity index is 376. The highest BCUT2D eigenvalue weighted by molar-refractivity contribution is 5.11. The molecule has 20 heavy (non-hydrogen) atoms. The first-order chi connectivity index (χ1) is 9.74. The van der Waals surface area contributed by atoms with Crippen molar-refractivity contribution >= 4 is 0 Å². The van der Waals surface area contributed by atoms with Crippen molar-refractivity contribution in [2.24, 2.45) is 5.92 Å². The molecule has 0 aromatic carbocycles. The summed E-state index contributed by atoms with van der Waals surface area (Å²) in [7, 11) is 0. The van der Waals surface area contributed by atoms with Gasteiger partial charge in [0.2, 0.25) is 0 Å². The van der Waals surface area contributed by atoms with Gasteiger partial charge in [0.15, 0.2) is 0 Å². The molecule has 112 valence electrons. The second kappa shape index (κ2) is 7.75. The minimum Gasteiger partial charge on any atom is -0.378 e. The highest BCUT2D eigenvalue weighted by Gasteiger charge is 2.33. The number of hydrogen-bond acceptors (Lipinski definition) is 3. The predicted molar refractivity (Wildman–Crippen MR) is 82.9 cm³/mol. The van der Waals surface area contributed by atoms with Crippen LogP contribution in [-0.2, 0) is 4.74 Å². The van der Waals surface area contributed by atoms with E-state index in [1.54, 1.807) is 0 Å². The zero-order chi connectivity index (χ0) is 14.4. The SMILES string of the molecule is CCNC(CC1CC(OCC)C1)C(C)c1ccccn1. The van der Waals surface area contributed by atoms with Crippen LogP contribution < -0.4 is 5.32 Å². The monoisotopic (exact) mass is 276 g/mol. The molecule has 1 saturated carbocycles. The molecule has 1 aliphatic carbocycles. The molecule has 0 aliphatic heterocycles. The van der Waals surface area contributed by atoms with Gasteiger partial charge in [-0.3, -0.25) is 4.98 Å². The van der Waals surface area contributed by atoms with Gasteiger partial charge in [-0.25, -0.2) is 0 Å². The second-order valence-electron chi connectivity index (χ2n) is 5.86. The Labute approximate surface area is 123 Å². The molecule has 2 atom stereocenters. The third kappa shape index (κ3) is 4.03. The maximum Gasteiger partial charge on any atom is 0.0580 e. The zero-order valence-electron chi connectivity index (χ0n) is 13.0. The van der Waals surface area contributed by atoms with E-state index in [-0.39, 0.29) is 0 Å². The van der Waals surface area contributed by atoms with Crippen molar-refractivity contribution < 1.29 is 4.74 Å². The number of aromatic nitrogens is 1. The lowest BCUT2D eigenvalue weighted by Crippen LogP contribution is -2.40. The van der Waals surface area contributed by atoms with E-state index in [0.29, 0.717) is 18.1 Å². The van der Waals surface area contributed by atoms with Crippen molar-refractivity contribution in [1.29, 1.82) is 0 Å². The Morgan fingerprint density at radius 1 is 1.35 bits per heavy atom. The predicted octanol–water partition coefficient (Wildman–Crippen LogP) is 3.37. The first-order valence-corrected chi connectivity index (χ1v) is 8.00. The average Bonchev–Trinajstić information content (AvgIpc) is 2.44. The zero-order valence-corrected chi connectivity index (χ0v) is 13.0. The molecule has 1 N–H and O–H groups in total. The van der Waals surface area contributed by atoms with Gasteiger partial charge in [0.25, 0.3) is 0 Å². The van der Waals surface area contributed by atoms with Crippen molar-refractivity contribution in [3.8, 4) is 0 Å². The van der Waals surface area contributed by atoms with Gasteiger partial charge in [-0.15, -0.1) is 0 Å². The summed E-state index contributed by atoms with van der Waals surface area (Å²) in [6, 6.07) is 6.72. The van der Waals surface area contributed by atoms with Crippen LogP contribution in [-0.4, -0.2) is 30.3 Å². The molecule has 0 amide bonds. The second-order valence-corrected chi connectivity index (χ2v) is 5.86. The van der Waals surface area contributed by atoms with E-state index in [2.05, 4.69) is 43.2 Å². The van der Waals surface area contributed by atoms with Crippen LogP contribution in [0.2, 0.25) is 0 Å². The molecule has 0 spiro atoms. The summed E-state index contributed by atoms with van der Waals surface area (Å²) in [5.41, 5.74) is 1.19. The minimum absolute atomic E-state index is 0.460. The molecule has 2 unspecified atom stereocenters. The Balaban J connectivity index is 1.87. The summed E-state index contributed by atoms with van der Waals surface area (Å²) >= 11 is 0. The van der Waals surface area contributed by atoms with Crippen molar-refractivity contribution in [3.05, 3.63) is 30.1 Å². The fraction of sp³-hybridized carbons (Fsp3) is 0.706. The molecule has 1 heterocycles. The number of nitrogens with zero attached hydrogens (tertiary/aromatic N) is 1. The molecule has 3 heteroatoms. The van der Waals surface area contributed by atoms with Gasteiger partial charge in [0.1, 0.15) is 0 Å². The van der Waals surface area contributed by atoms with Crippen LogP contribution in [0.5, 0.6) is 0 Å². The van der Waals surface area contributed by atoms with Gasteiger partial charge in [-0.1, -0.05) is 19.9 Å². The normalized spacial score (nSPS) is 24.9. The Morgan fingerprint density at radius 2 is 2.15 bits per heavy atom. The van der Waals surface area contributed by atoms with Crippen molar-refractivity contribution in [2.75, 3.05) is 13.2 Å². The van der Waals surface area contributed by atoms with E-state index < -0.39 is 0 Å². The van der Waals surface area contributed by atoms with E-state index >= 15 is 0 Å². The lowest BCUT2D eigenvalue weighted by molar-refractivity contribution is -0.0296. The van der Waals surface area contributed by atoms with Crippen molar-refractivity contribution in [3.63, 3.8) is 0 Å². The summed E-state index contributed by atoms with van der Waals surface area (Å²) in [4.78, 5) is 4.51. The largest absolute Gasteiger partial charge is 0.378 e. The molecular formula is C17H28N2O. The topological polar surface area (TPSA) is 34.1 Å². The van der Waals surface area contributed by atoms with Gasteiger partial charge >= 0.3 is 0 Å². The standard InChI is InChI=1S/C17H28N2O/c1-4-18-17(12-14-10-15(11-14)20-5-2)13(3)16-8-6-7-9-19-16/h6-9,13-15,17-18H,4-5,10-12H2,1-3H3. The Hall–Kier alpha value is -0.930. The van der Waals surface area contributed by atoms with Crippen molar-refractivity contribution in [1.82, 2.24) is 10.3 Å². The molecule has 0 radical (unpaired) electrons. The van der Waals surface area contributed by atoms with Crippen LogP contribution in [0.15, 0.2) is 24.4 Å². The highest BCUT2D eigenvalue weighted by Crippen LogP contribution is 2.35. The fourth-order valence-corrected chi connectivity index (χ4v) is 3.18. The van der Waals surface area contributed by atoms with Crippen LogP contribution in [0.3, 0.4) is 0 Å². The molecule has 2 rings (SSSR count). The maximum absolute atomic E-state index is 5.66. The van der Waals surface area contributed by atoms with E-state index in [4.69, 9.17) is 4.74 Å². The number of rotatable bonds is 8. The van der Waals surface area contributed by atoms with Crippen LogP contribution in [0.4, 0.5) is 0 Å². The minimum atomic E-state index is 0.460. The molecule has 1 aromatic heterocycles. The summed E-state index contributed by atoms with van der Waals surface area (Å²) in [5.74, 6) is 1.27. The first-order valence-electron chi connectivity index (χ1n) is 8.00. The van der Waals surface area contributed by atoms with Crippen molar-refractivity contribution in [2.45, 2.75) is 58.1 Å². The number of nitrogens with one attached hydrogen (secondary N) is 1. The molecule has 1 aliphatic rings. The third-order valence-corrected chi connectivity index (χ3v) is 4.41. The lowest BCUT2D eigenvalue weighted by Gasteiger charge is -2.38. The van der Waals surface area contributed by atoms with E-state index in [0.717, 1.165) is 19.1 Å². The number of pyridine rings is 1.